The van der Waals surface area contributed by atoms with Gasteiger partial charge in [-0.1, -0.05) is 0 Å². The number of hydrogen-bond donors (Lipinski definition) is 2. The minimum absolute atomic E-state index is 0.0569. The van der Waals surface area contributed by atoms with Gasteiger partial charge in [0.25, 0.3) is 0 Å². The maximum Gasteiger partial charge on any atom is 0.322 e. The van der Waals surface area contributed by atoms with E-state index in [4.69, 9.17) is 20.9 Å². The molecule has 0 radical (unpaired) electrons. The first kappa shape index (κ1) is 19.3. The van der Waals surface area contributed by atoms with Crippen LogP contribution in [0.2, 0.25) is 0 Å². The van der Waals surface area contributed by atoms with Crippen LogP contribution in [-0.2, 0) is 23.9 Å². The van der Waals surface area contributed by atoms with Crippen LogP contribution in [0, 0.1) is 0 Å². The maximum absolute atomic E-state index is 11.4. The molecule has 4 N–H and O–H groups in total. The third-order valence-electron chi connectivity index (χ3n) is 2.88. The molecule has 9 heteroatoms. The van der Waals surface area contributed by atoms with E-state index in [-0.39, 0.29) is 28.3 Å². The zero-order valence-corrected chi connectivity index (χ0v) is 14.2. The van der Waals surface area contributed by atoms with Crippen molar-refractivity contribution in [3.63, 3.8) is 0 Å². The van der Waals surface area contributed by atoms with Gasteiger partial charge in [-0.05, 0) is 13.8 Å². The Hall–Kier alpha value is -0.770. The molecule has 126 valence electrons. The summed E-state index contributed by atoms with van der Waals surface area (Å²) in [5, 5.41) is -0.114. The third-order valence-corrected chi connectivity index (χ3v) is 6.34. The second-order valence-corrected chi connectivity index (χ2v) is 8.21. The Kier molecular flexibility index (Phi) is 8.23. The topological polar surface area (TPSA) is 122 Å². The predicted octanol–water partition coefficient (Wildman–Crippen LogP) is -0.100. The molecule has 0 spiro atoms. The summed E-state index contributed by atoms with van der Waals surface area (Å²) in [6.45, 7) is 3.45. The van der Waals surface area contributed by atoms with Gasteiger partial charge in [0.05, 0.1) is 15.1 Å². The molecular weight excluding hydrogens is 328 g/mol. The molecule has 0 amide bonds. The van der Waals surface area contributed by atoms with E-state index in [0.717, 1.165) is 6.29 Å². The van der Waals surface area contributed by atoms with E-state index in [1.165, 1.54) is 0 Å². The van der Waals surface area contributed by atoms with Crippen LogP contribution in [0.3, 0.4) is 0 Å². The van der Waals surface area contributed by atoms with E-state index < -0.39 is 24.0 Å². The summed E-state index contributed by atoms with van der Waals surface area (Å²) in [6, 6.07) is -1.36. The normalized spacial score (nSPS) is 27.0. The fourth-order valence-electron chi connectivity index (χ4n) is 1.67. The summed E-state index contributed by atoms with van der Waals surface area (Å²) in [5.41, 5.74) is 10.9. The molecule has 1 saturated heterocycles. The zero-order valence-electron chi connectivity index (χ0n) is 12.6. The molecular formula is C13H22N2O5S2. The molecule has 1 aliphatic heterocycles. The second-order valence-electron chi connectivity index (χ2n) is 5.02. The van der Waals surface area contributed by atoms with Crippen LogP contribution in [0.1, 0.15) is 20.3 Å². The van der Waals surface area contributed by atoms with Gasteiger partial charge in [0.2, 0.25) is 0 Å². The highest BCUT2D eigenvalue weighted by Crippen LogP contribution is 2.45. The largest absolute Gasteiger partial charge is 0.463 e. The minimum atomic E-state index is -0.681. The minimum Gasteiger partial charge on any atom is -0.463 e. The van der Waals surface area contributed by atoms with Crippen LogP contribution >= 0.6 is 23.5 Å². The quantitative estimate of drug-likeness (QED) is 0.456. The Balaban J connectivity index is 2.54. The summed E-state index contributed by atoms with van der Waals surface area (Å²) in [6.07, 6.45) is 1.25. The van der Waals surface area contributed by atoms with E-state index in [0.29, 0.717) is 6.42 Å². The lowest BCUT2D eigenvalue weighted by molar-refractivity contribution is -0.146. The van der Waals surface area contributed by atoms with Gasteiger partial charge in [0.15, 0.2) is 0 Å². The molecule has 0 aromatic carbocycles. The number of hydrogen-bond acceptors (Lipinski definition) is 9. The van der Waals surface area contributed by atoms with E-state index in [1.54, 1.807) is 37.4 Å². The van der Waals surface area contributed by atoms with Crippen LogP contribution in [0.25, 0.3) is 0 Å². The van der Waals surface area contributed by atoms with Gasteiger partial charge in [-0.2, -0.15) is 0 Å². The third kappa shape index (κ3) is 6.15. The molecule has 0 aromatic heterocycles. The SMILES string of the molecule is C[C@H](N)C(=O)OC[C@@H]1SC(CC=O)S[C@@H]1COC(=O)[C@H](C)N. The number of carbonyl (C=O) groups excluding carboxylic acids is 3. The van der Waals surface area contributed by atoms with Crippen molar-refractivity contribution >= 4 is 41.7 Å². The monoisotopic (exact) mass is 350 g/mol. The number of rotatable bonds is 8. The number of esters is 2. The van der Waals surface area contributed by atoms with Gasteiger partial charge < -0.3 is 25.7 Å². The molecule has 5 atom stereocenters. The van der Waals surface area contributed by atoms with Crippen molar-refractivity contribution in [3.8, 4) is 0 Å². The lowest BCUT2D eigenvalue weighted by atomic mass is 10.3. The molecule has 1 rings (SSSR count). The van der Waals surface area contributed by atoms with Crippen molar-refractivity contribution in [2.75, 3.05) is 13.2 Å². The number of ether oxygens (including phenoxy) is 2. The zero-order chi connectivity index (χ0) is 16.7. The second kappa shape index (κ2) is 9.39. The Labute approximate surface area is 138 Å². The number of thioether (sulfide) groups is 2. The van der Waals surface area contributed by atoms with E-state index in [9.17, 15) is 14.4 Å². The Morgan fingerprint density at radius 2 is 1.45 bits per heavy atom. The summed E-state index contributed by atoms with van der Waals surface area (Å²) in [4.78, 5) is 33.5. The van der Waals surface area contributed by atoms with Crippen LogP contribution in [-0.4, -0.2) is 58.6 Å². The van der Waals surface area contributed by atoms with E-state index in [1.807, 2.05) is 0 Å². The highest BCUT2D eigenvalue weighted by molar-refractivity contribution is 8.20. The van der Waals surface area contributed by atoms with Crippen molar-refractivity contribution in [2.45, 2.75) is 47.4 Å². The van der Waals surface area contributed by atoms with Crippen LogP contribution in [0.15, 0.2) is 0 Å². The fourth-order valence-corrected chi connectivity index (χ4v) is 5.13. The van der Waals surface area contributed by atoms with Crippen LogP contribution < -0.4 is 11.5 Å². The van der Waals surface area contributed by atoms with Crippen molar-refractivity contribution in [1.29, 1.82) is 0 Å². The Morgan fingerprint density at radius 1 is 1.05 bits per heavy atom. The predicted molar refractivity (Wildman–Crippen MR) is 86.4 cm³/mol. The molecule has 1 heterocycles. The van der Waals surface area contributed by atoms with Crippen LogP contribution in [0.4, 0.5) is 0 Å². The maximum atomic E-state index is 11.4. The van der Waals surface area contributed by atoms with Crippen molar-refractivity contribution < 1.29 is 23.9 Å². The number of nitrogens with two attached hydrogens (primary N) is 2. The summed E-state index contributed by atoms with van der Waals surface area (Å²) in [5.74, 6) is -0.952. The average Bonchev–Trinajstić information content (AvgIpc) is 2.84. The first-order chi connectivity index (χ1) is 10.3. The molecule has 0 bridgehead atoms. The molecule has 0 aromatic rings. The Bertz CT molecular complexity index is 374. The first-order valence-corrected chi connectivity index (χ1v) is 8.82. The molecule has 1 fully saturated rings. The molecule has 22 heavy (non-hydrogen) atoms. The standard InChI is InChI=1S/C13H22N2O5S2/c1-7(14)12(17)19-5-9-10(6-20-13(18)8(2)15)22-11(21-9)3-4-16/h4,7-11H,3,5-6,14-15H2,1-2H3/t7-,8-,9-,10+,11?/m0/s1. The lowest BCUT2D eigenvalue weighted by Crippen LogP contribution is -2.35. The van der Waals surface area contributed by atoms with Gasteiger partial charge in [0, 0.05) is 6.42 Å². The lowest BCUT2D eigenvalue weighted by Gasteiger charge is -2.18. The summed E-state index contributed by atoms with van der Waals surface area (Å²) >= 11 is 3.10. The molecule has 0 saturated carbocycles. The molecule has 7 nitrogen and oxygen atoms in total. The number of aldehydes is 1. The van der Waals surface area contributed by atoms with Crippen molar-refractivity contribution in [1.82, 2.24) is 0 Å². The van der Waals surface area contributed by atoms with E-state index >= 15 is 0 Å². The highest BCUT2D eigenvalue weighted by atomic mass is 32.2. The fraction of sp³-hybridized carbons (Fsp3) is 0.769. The van der Waals surface area contributed by atoms with Crippen LogP contribution in [0.5, 0.6) is 0 Å². The van der Waals surface area contributed by atoms with E-state index in [2.05, 4.69) is 0 Å². The smallest absolute Gasteiger partial charge is 0.322 e. The van der Waals surface area contributed by atoms with Gasteiger partial charge in [-0.25, -0.2) is 0 Å². The van der Waals surface area contributed by atoms with Gasteiger partial charge in [-0.3, -0.25) is 9.59 Å². The molecule has 1 unspecified atom stereocenters. The molecule has 0 aliphatic carbocycles. The van der Waals surface area contributed by atoms with Gasteiger partial charge in [-0.15, -0.1) is 23.5 Å². The van der Waals surface area contributed by atoms with Crippen molar-refractivity contribution in [3.05, 3.63) is 0 Å². The van der Waals surface area contributed by atoms with Crippen molar-refractivity contribution in [2.24, 2.45) is 11.5 Å². The average molecular weight is 350 g/mol. The first-order valence-electron chi connectivity index (χ1n) is 6.94. The highest BCUT2D eigenvalue weighted by Gasteiger charge is 2.37. The van der Waals surface area contributed by atoms with Gasteiger partial charge >= 0.3 is 11.9 Å². The summed E-state index contributed by atoms with van der Waals surface area (Å²) < 4.78 is 10.4. The summed E-state index contributed by atoms with van der Waals surface area (Å²) in [7, 11) is 0. The Morgan fingerprint density at radius 3 is 1.77 bits per heavy atom. The van der Waals surface area contributed by atoms with Gasteiger partial charge in [0.1, 0.15) is 31.6 Å². The number of carbonyl (C=O) groups is 3. The molecule has 1 aliphatic rings.